The first-order valence-corrected chi connectivity index (χ1v) is 16.9. The number of nitrogens with zero attached hydrogens (tertiary/aromatic N) is 2. The predicted octanol–water partition coefficient (Wildman–Crippen LogP) is 4.02. The van der Waals surface area contributed by atoms with Crippen LogP contribution in [0.2, 0.25) is 0 Å². The first-order valence-electron chi connectivity index (χ1n) is 13.7. The number of nitrogens with one attached hydrogen (secondary N) is 1. The van der Waals surface area contributed by atoms with Crippen molar-refractivity contribution in [2.45, 2.75) is 33.8 Å². The molecule has 3 heterocycles. The molecule has 3 N–H and O–H groups in total. The molecule has 0 radical (unpaired) electrons. The van der Waals surface area contributed by atoms with Gasteiger partial charge in [-0.2, -0.15) is 13.2 Å². The molecule has 0 aliphatic carbocycles. The number of carbonyl (C=O) groups is 3. The zero-order valence-electron chi connectivity index (χ0n) is 24.1. The van der Waals surface area contributed by atoms with Gasteiger partial charge < -0.3 is 10.1 Å². The molecular weight excluding hydrogens is 682 g/mol. The molecule has 244 valence electrons. The van der Waals surface area contributed by atoms with Crippen LogP contribution in [0.15, 0.2) is 87.5 Å². The van der Waals surface area contributed by atoms with E-state index in [1.54, 1.807) is 24.3 Å². The van der Waals surface area contributed by atoms with Crippen molar-refractivity contribution in [3.8, 4) is 5.75 Å². The Bertz CT molecular complexity index is 2100. The Morgan fingerprint density at radius 1 is 1.00 bits per heavy atom. The molecule has 3 aromatic carbocycles. The molecule has 1 saturated heterocycles. The van der Waals surface area contributed by atoms with Crippen molar-refractivity contribution in [1.82, 2.24) is 4.57 Å². The second kappa shape index (κ2) is 12.0. The van der Waals surface area contributed by atoms with E-state index in [0.717, 1.165) is 46.2 Å². The summed E-state index contributed by atoms with van der Waals surface area (Å²) in [7, 11) is -2.54. The number of alkyl halides is 3. The zero-order chi connectivity index (χ0) is 33.8. The third kappa shape index (κ3) is 5.95. The Labute approximate surface area is 273 Å². The third-order valence-corrected chi connectivity index (χ3v) is 11.3. The quantitative estimate of drug-likeness (QED) is 0.273. The van der Waals surface area contributed by atoms with Crippen molar-refractivity contribution in [2.24, 2.45) is 11.1 Å². The van der Waals surface area contributed by atoms with Gasteiger partial charge >= 0.3 is 11.0 Å². The number of carbonyl (C=O) groups excluding carboxylic acids is 3. The molecule has 3 atom stereocenters. The molecule has 0 bridgehead atoms. The lowest BCUT2D eigenvalue weighted by Gasteiger charge is -2.31. The second-order valence-corrected chi connectivity index (χ2v) is 14.3. The van der Waals surface area contributed by atoms with Gasteiger partial charge in [0.05, 0.1) is 34.2 Å². The highest BCUT2D eigenvalue weighted by Gasteiger charge is 2.57. The molecule has 6 rings (SSSR count). The van der Waals surface area contributed by atoms with Crippen LogP contribution < -0.4 is 25.0 Å². The highest BCUT2D eigenvalue weighted by Crippen LogP contribution is 2.55. The molecule has 3 amide bonds. The lowest BCUT2D eigenvalue weighted by atomic mass is 9.82. The van der Waals surface area contributed by atoms with Crippen molar-refractivity contribution < 1.29 is 40.7 Å². The van der Waals surface area contributed by atoms with Gasteiger partial charge in [0.2, 0.25) is 27.7 Å². The van der Waals surface area contributed by atoms with Crippen LogP contribution in [0.25, 0.3) is 0 Å². The number of thiazole rings is 1. The lowest BCUT2D eigenvalue weighted by molar-refractivity contribution is -0.137. The van der Waals surface area contributed by atoms with Crippen LogP contribution >= 0.6 is 23.1 Å². The van der Waals surface area contributed by atoms with Crippen molar-refractivity contribution in [1.29, 1.82) is 0 Å². The van der Waals surface area contributed by atoms with Gasteiger partial charge in [-0.25, -0.2) is 18.5 Å². The summed E-state index contributed by atoms with van der Waals surface area (Å²) >= 11 is 1.68. The molecule has 47 heavy (non-hydrogen) atoms. The number of hydrogen-bond acceptors (Lipinski definition) is 9. The maximum atomic E-state index is 14.0. The first-order chi connectivity index (χ1) is 22.2. The van der Waals surface area contributed by atoms with E-state index in [2.05, 4.69) is 5.32 Å². The Morgan fingerprint density at radius 2 is 1.70 bits per heavy atom. The Kier molecular flexibility index (Phi) is 8.27. The van der Waals surface area contributed by atoms with Gasteiger partial charge in [-0.05, 0) is 48.5 Å². The van der Waals surface area contributed by atoms with Crippen LogP contribution in [0.3, 0.4) is 0 Å². The number of aromatic nitrogens is 1. The summed E-state index contributed by atoms with van der Waals surface area (Å²) in [6.07, 6.45) is -4.71. The Morgan fingerprint density at radius 3 is 2.36 bits per heavy atom. The third-order valence-electron chi connectivity index (χ3n) is 7.72. The smallest absolute Gasteiger partial charge is 0.416 e. The first kappa shape index (κ1) is 32.5. The maximum absolute atomic E-state index is 14.0. The minimum atomic E-state index is -4.71. The molecular formula is C30H23F3N4O7S3. The van der Waals surface area contributed by atoms with Gasteiger partial charge in [0, 0.05) is 22.0 Å². The standard InChI is InChI=1S/C30H23F3N4O7S3/c1-44-20-8-3-2-7-19(20)22-23-24(27(40)37(26(23)39)17-6-4-5-15(13-17)30(31,32)33)45-28-25(22)46-29(41)36(28)14-21(38)35-16-9-11-18(12-10-16)47(34,42)43/h2-13,22-24H,14H2,1H3,(H,35,38)(H2,34,42,43)/t22-,23-,24+/m0/s1. The fraction of sp³-hybridized carbons (Fsp3) is 0.200. The van der Waals surface area contributed by atoms with E-state index in [1.165, 1.54) is 42.0 Å². The van der Waals surface area contributed by atoms with Crippen molar-refractivity contribution >= 4 is 62.2 Å². The van der Waals surface area contributed by atoms with E-state index in [0.29, 0.717) is 16.2 Å². The Hall–Kier alpha value is -4.45. The van der Waals surface area contributed by atoms with E-state index in [-0.39, 0.29) is 21.3 Å². The molecule has 17 heteroatoms. The van der Waals surface area contributed by atoms with E-state index < -0.39 is 68.0 Å². The SMILES string of the molecule is COc1ccccc1[C@@H]1c2sc(=O)n(CC(=O)Nc3ccc(S(N)(=O)=O)cc3)c2S[C@H]2C(=O)N(c3cccc(C(F)(F)F)c3)C(=O)[C@@H]12. The monoisotopic (exact) mass is 704 g/mol. The highest BCUT2D eigenvalue weighted by molar-refractivity contribution is 8.00. The molecule has 1 aromatic heterocycles. The summed E-state index contributed by atoms with van der Waals surface area (Å²) in [6, 6.07) is 15.7. The molecule has 0 unspecified atom stereocenters. The summed E-state index contributed by atoms with van der Waals surface area (Å²) in [5.41, 5.74) is -0.561. The number of rotatable bonds is 7. The number of thioether (sulfide) groups is 1. The molecule has 4 aromatic rings. The number of amides is 3. The average molecular weight is 705 g/mol. The van der Waals surface area contributed by atoms with Crippen LogP contribution in [0.1, 0.15) is 21.9 Å². The number of nitrogens with two attached hydrogens (primary N) is 1. The van der Waals surface area contributed by atoms with Crippen molar-refractivity contribution in [3.05, 3.63) is 98.5 Å². The number of ether oxygens (including phenoxy) is 1. The largest absolute Gasteiger partial charge is 0.496 e. The summed E-state index contributed by atoms with van der Waals surface area (Å²) in [5, 5.41) is 6.81. The molecule has 0 spiro atoms. The molecule has 2 aliphatic rings. The number of hydrogen-bond donors (Lipinski definition) is 2. The van der Waals surface area contributed by atoms with Crippen LogP contribution in [-0.2, 0) is 37.1 Å². The number of fused-ring (bicyclic) bond motifs is 2. The number of methoxy groups -OCH3 is 1. The van der Waals surface area contributed by atoms with Crippen LogP contribution in [0.4, 0.5) is 24.5 Å². The number of imide groups is 1. The molecule has 1 fully saturated rings. The van der Waals surface area contributed by atoms with E-state index in [1.807, 2.05) is 0 Å². The van der Waals surface area contributed by atoms with Gasteiger partial charge in [0.25, 0.3) is 0 Å². The highest BCUT2D eigenvalue weighted by atomic mass is 32.2. The topological polar surface area (TPSA) is 158 Å². The second-order valence-electron chi connectivity index (χ2n) is 10.6. The molecule has 2 aliphatic heterocycles. The van der Waals surface area contributed by atoms with Gasteiger partial charge in [-0.3, -0.25) is 23.7 Å². The van der Waals surface area contributed by atoms with Crippen LogP contribution in [-0.4, -0.2) is 43.1 Å². The Balaban J connectivity index is 1.40. The van der Waals surface area contributed by atoms with E-state index in [9.17, 15) is 40.8 Å². The van der Waals surface area contributed by atoms with Crippen molar-refractivity contribution in [3.63, 3.8) is 0 Å². The van der Waals surface area contributed by atoms with Gasteiger partial charge in [-0.15, -0.1) is 0 Å². The maximum Gasteiger partial charge on any atom is 0.416 e. The molecule has 0 saturated carbocycles. The number of para-hydroxylation sites is 1. The van der Waals surface area contributed by atoms with Gasteiger partial charge in [0.1, 0.15) is 17.5 Å². The minimum absolute atomic E-state index is 0.165. The van der Waals surface area contributed by atoms with E-state index >= 15 is 0 Å². The average Bonchev–Trinajstić information content (AvgIpc) is 3.46. The van der Waals surface area contributed by atoms with E-state index in [4.69, 9.17) is 9.88 Å². The fourth-order valence-corrected chi connectivity index (χ4v) is 8.94. The number of anilines is 2. The van der Waals surface area contributed by atoms with Gasteiger partial charge in [0.15, 0.2) is 0 Å². The normalized spacial score (nSPS) is 19.3. The fourth-order valence-electron chi connectivity index (χ4n) is 5.66. The number of sulfonamides is 1. The number of primary sulfonamides is 1. The summed E-state index contributed by atoms with van der Waals surface area (Å²) in [6.45, 7) is -0.496. The van der Waals surface area contributed by atoms with Crippen LogP contribution in [0.5, 0.6) is 5.75 Å². The number of benzene rings is 3. The minimum Gasteiger partial charge on any atom is -0.496 e. The summed E-state index contributed by atoms with van der Waals surface area (Å²) in [4.78, 5) is 54.8. The lowest BCUT2D eigenvalue weighted by Crippen LogP contribution is -2.33. The zero-order valence-corrected chi connectivity index (χ0v) is 26.5. The van der Waals surface area contributed by atoms with Crippen LogP contribution in [0, 0.1) is 5.92 Å². The van der Waals surface area contributed by atoms with Crippen molar-refractivity contribution in [2.75, 3.05) is 17.3 Å². The van der Waals surface area contributed by atoms with Gasteiger partial charge in [-0.1, -0.05) is 47.4 Å². The predicted molar refractivity (Wildman–Crippen MR) is 167 cm³/mol. The molecule has 11 nitrogen and oxygen atoms in total. The summed E-state index contributed by atoms with van der Waals surface area (Å²) in [5.74, 6) is -3.80. The number of halogens is 3. The summed E-state index contributed by atoms with van der Waals surface area (Å²) < 4.78 is 70.4.